The fourth-order valence-corrected chi connectivity index (χ4v) is 2.64. The predicted molar refractivity (Wildman–Crippen MR) is 69.0 cm³/mol. The van der Waals surface area contributed by atoms with Gasteiger partial charge in [-0.3, -0.25) is 9.52 Å². The number of nitrogens with zero attached hydrogens (tertiary/aromatic N) is 1. The number of anilines is 1. The number of benzene rings is 1. The zero-order chi connectivity index (χ0) is 14.8. The van der Waals surface area contributed by atoms with Crippen LogP contribution >= 0.6 is 0 Å². The first kappa shape index (κ1) is 13.8. The molecule has 2 aromatic rings. The minimum atomic E-state index is -4.16. The van der Waals surface area contributed by atoms with Gasteiger partial charge in [0, 0.05) is 18.5 Å². The molecule has 20 heavy (non-hydrogen) atoms. The van der Waals surface area contributed by atoms with Crippen molar-refractivity contribution in [1.82, 2.24) is 4.98 Å². The summed E-state index contributed by atoms with van der Waals surface area (Å²) in [5.41, 5.74) is -0.977. The van der Waals surface area contributed by atoms with Gasteiger partial charge in [-0.25, -0.2) is 12.8 Å². The summed E-state index contributed by atoms with van der Waals surface area (Å²) < 4.78 is 39.1. The molecule has 0 bridgehead atoms. The van der Waals surface area contributed by atoms with Crippen molar-refractivity contribution in [3.63, 3.8) is 0 Å². The summed E-state index contributed by atoms with van der Waals surface area (Å²) in [5, 5.41) is 8.85. The number of sulfonamides is 1. The van der Waals surface area contributed by atoms with E-state index in [1.807, 2.05) is 0 Å². The van der Waals surface area contributed by atoms with Crippen LogP contribution in [-0.2, 0) is 10.0 Å². The van der Waals surface area contributed by atoms with E-state index >= 15 is 0 Å². The normalized spacial score (nSPS) is 10.8. The molecule has 2 rings (SSSR count). The average molecular weight is 293 g/mol. The van der Waals surface area contributed by atoms with Gasteiger partial charge in [-0.05, 0) is 18.2 Å². The lowest BCUT2D eigenvalue weighted by atomic mass is 10.2. The number of aromatic amines is 1. The molecule has 8 heteroatoms. The highest BCUT2D eigenvalue weighted by Gasteiger charge is 2.19. The highest BCUT2D eigenvalue weighted by atomic mass is 32.2. The number of hydrogen-bond acceptors (Lipinski definition) is 4. The molecule has 0 saturated carbocycles. The monoisotopic (exact) mass is 293 g/mol. The predicted octanol–water partition coefficient (Wildman–Crippen LogP) is 1.19. The molecule has 0 saturated heterocycles. The number of nitriles is 1. The molecule has 0 fully saturated rings. The summed E-state index contributed by atoms with van der Waals surface area (Å²) in [6.07, 6.45) is 2.32. The highest BCUT2D eigenvalue weighted by Crippen LogP contribution is 2.19. The number of H-pyrrole nitrogens is 1. The van der Waals surface area contributed by atoms with E-state index in [0.29, 0.717) is 0 Å². The van der Waals surface area contributed by atoms with Crippen LogP contribution < -0.4 is 10.2 Å². The molecule has 0 amide bonds. The maximum Gasteiger partial charge on any atom is 0.267 e. The van der Waals surface area contributed by atoms with Crippen molar-refractivity contribution >= 4 is 15.7 Å². The molecule has 0 aliphatic carbocycles. The Kier molecular flexibility index (Phi) is 3.54. The van der Waals surface area contributed by atoms with Gasteiger partial charge >= 0.3 is 0 Å². The Hall–Kier alpha value is -2.66. The van der Waals surface area contributed by atoms with Crippen LogP contribution in [0.1, 0.15) is 5.56 Å². The van der Waals surface area contributed by atoms with Crippen LogP contribution in [0, 0.1) is 17.1 Å². The summed E-state index contributed by atoms with van der Waals surface area (Å²) in [6, 6.07) is 5.75. The fourth-order valence-electron chi connectivity index (χ4n) is 1.51. The van der Waals surface area contributed by atoms with Crippen molar-refractivity contribution in [2.75, 3.05) is 4.72 Å². The molecule has 0 unspecified atom stereocenters. The van der Waals surface area contributed by atoms with E-state index in [0.717, 1.165) is 30.5 Å². The first-order chi connectivity index (χ1) is 9.44. The van der Waals surface area contributed by atoms with Crippen LogP contribution in [0.15, 0.2) is 46.3 Å². The molecule has 102 valence electrons. The third-order valence-electron chi connectivity index (χ3n) is 2.42. The molecule has 1 aromatic heterocycles. The molecule has 0 aliphatic heterocycles. The third-order valence-corrected chi connectivity index (χ3v) is 3.81. The Balaban J connectivity index is 2.48. The molecule has 0 aliphatic rings. The lowest BCUT2D eigenvalue weighted by Gasteiger charge is -2.08. The summed E-state index contributed by atoms with van der Waals surface area (Å²) in [6.45, 7) is 0. The van der Waals surface area contributed by atoms with Gasteiger partial charge in [0.25, 0.3) is 10.0 Å². The minimum absolute atomic E-state index is 0.0999. The number of halogens is 1. The molecular formula is C12H8FN3O3S. The lowest BCUT2D eigenvalue weighted by Crippen LogP contribution is -2.21. The maximum absolute atomic E-state index is 13.0. The van der Waals surface area contributed by atoms with Crippen molar-refractivity contribution in [1.29, 1.82) is 5.26 Å². The Bertz CT molecular complexity index is 853. The first-order valence-corrected chi connectivity index (χ1v) is 6.82. The molecule has 1 aromatic carbocycles. The zero-order valence-corrected chi connectivity index (χ0v) is 10.7. The Morgan fingerprint density at radius 1 is 1.30 bits per heavy atom. The van der Waals surface area contributed by atoms with Crippen LogP contribution in [-0.4, -0.2) is 13.4 Å². The fraction of sp³-hybridized carbons (Fsp3) is 0. The van der Waals surface area contributed by atoms with Crippen molar-refractivity contribution < 1.29 is 12.8 Å². The van der Waals surface area contributed by atoms with E-state index in [1.165, 1.54) is 6.20 Å². The quantitative estimate of drug-likeness (QED) is 0.887. The van der Waals surface area contributed by atoms with Gasteiger partial charge in [0.15, 0.2) is 4.90 Å². The molecule has 0 atom stereocenters. The Labute approximate surface area is 113 Å². The third kappa shape index (κ3) is 2.67. The van der Waals surface area contributed by atoms with Gasteiger partial charge in [0.1, 0.15) is 11.9 Å². The lowest BCUT2D eigenvalue weighted by molar-refractivity contribution is 0.600. The average Bonchev–Trinajstić information content (AvgIpc) is 2.41. The maximum atomic E-state index is 13.0. The van der Waals surface area contributed by atoms with Crippen molar-refractivity contribution in [3.8, 4) is 6.07 Å². The topological polar surface area (TPSA) is 103 Å². The molecule has 6 nitrogen and oxygen atoms in total. The summed E-state index contributed by atoms with van der Waals surface area (Å²) in [4.78, 5) is 13.5. The summed E-state index contributed by atoms with van der Waals surface area (Å²) in [5.74, 6) is -0.665. The van der Waals surface area contributed by atoms with E-state index in [-0.39, 0.29) is 11.3 Å². The van der Waals surface area contributed by atoms with Gasteiger partial charge in [-0.2, -0.15) is 5.26 Å². The Morgan fingerprint density at radius 2 is 2.05 bits per heavy atom. The number of pyridine rings is 1. The van der Waals surface area contributed by atoms with Gasteiger partial charge in [-0.1, -0.05) is 0 Å². The van der Waals surface area contributed by atoms with E-state index in [2.05, 4.69) is 9.71 Å². The van der Waals surface area contributed by atoms with Crippen LogP contribution in [0.2, 0.25) is 0 Å². The van der Waals surface area contributed by atoms with E-state index < -0.39 is 26.2 Å². The summed E-state index contributed by atoms with van der Waals surface area (Å²) >= 11 is 0. The van der Waals surface area contributed by atoms with E-state index in [4.69, 9.17) is 5.26 Å². The number of hydrogen-bond donors (Lipinski definition) is 2. The SMILES string of the molecule is N#Cc1cc(F)ccc1NS(=O)(=O)c1c[nH]ccc1=O. The first-order valence-electron chi connectivity index (χ1n) is 5.33. The largest absolute Gasteiger partial charge is 0.366 e. The standard InChI is InChI=1S/C12H8FN3O3S/c13-9-1-2-10(8(5-9)6-14)16-20(18,19)12-7-15-4-3-11(12)17/h1-5,7,16H,(H,15,17). The van der Waals surface area contributed by atoms with Crippen LogP contribution in [0.3, 0.4) is 0 Å². The molecule has 0 radical (unpaired) electrons. The van der Waals surface area contributed by atoms with Gasteiger partial charge in [0.2, 0.25) is 5.43 Å². The molecule has 2 N–H and O–H groups in total. The van der Waals surface area contributed by atoms with Gasteiger partial charge in [-0.15, -0.1) is 0 Å². The Morgan fingerprint density at radius 3 is 2.70 bits per heavy atom. The smallest absolute Gasteiger partial charge is 0.267 e. The van der Waals surface area contributed by atoms with Crippen molar-refractivity contribution in [2.45, 2.75) is 4.90 Å². The van der Waals surface area contributed by atoms with Crippen LogP contribution in [0.5, 0.6) is 0 Å². The van der Waals surface area contributed by atoms with Crippen LogP contribution in [0.25, 0.3) is 0 Å². The molecule has 1 heterocycles. The van der Waals surface area contributed by atoms with Crippen LogP contribution in [0.4, 0.5) is 10.1 Å². The second-order valence-corrected chi connectivity index (χ2v) is 5.43. The molecular weight excluding hydrogens is 285 g/mol. The highest BCUT2D eigenvalue weighted by molar-refractivity contribution is 7.92. The number of aromatic nitrogens is 1. The van der Waals surface area contributed by atoms with Gasteiger partial charge in [0.05, 0.1) is 11.3 Å². The minimum Gasteiger partial charge on any atom is -0.366 e. The van der Waals surface area contributed by atoms with Crippen molar-refractivity contribution in [3.05, 3.63) is 58.3 Å². The number of nitrogens with one attached hydrogen (secondary N) is 2. The molecule has 0 spiro atoms. The summed E-state index contributed by atoms with van der Waals surface area (Å²) in [7, 11) is -4.16. The van der Waals surface area contributed by atoms with E-state index in [1.54, 1.807) is 6.07 Å². The van der Waals surface area contributed by atoms with Crippen molar-refractivity contribution in [2.24, 2.45) is 0 Å². The zero-order valence-electron chi connectivity index (χ0n) is 9.92. The van der Waals surface area contributed by atoms with Gasteiger partial charge < -0.3 is 4.98 Å². The second kappa shape index (κ2) is 5.14. The second-order valence-electron chi connectivity index (χ2n) is 3.78. The number of rotatable bonds is 3. The van der Waals surface area contributed by atoms with E-state index in [9.17, 15) is 17.6 Å².